The minimum Gasteiger partial charge on any atom is -0.251 e. The molecule has 9 aromatic rings. The van der Waals surface area contributed by atoms with Crippen LogP contribution in [0, 0.1) is 6.92 Å². The molecule has 0 unspecified atom stereocenters. The van der Waals surface area contributed by atoms with E-state index in [0.29, 0.717) is 0 Å². The zero-order chi connectivity index (χ0) is 30.6. The molecule has 46 heavy (non-hydrogen) atoms. The molecule has 3 heterocycles. The topological polar surface area (TPSA) is 25.8 Å². The molecule has 0 aliphatic carbocycles. The Morgan fingerprint density at radius 3 is 1.67 bits per heavy atom. The largest absolute Gasteiger partial charge is 0.251 e. The molecule has 0 fully saturated rings. The van der Waals surface area contributed by atoms with Crippen LogP contribution in [0.2, 0.25) is 0 Å². The Bertz CT molecular complexity index is 2570. The van der Waals surface area contributed by atoms with Gasteiger partial charge in [-0.2, -0.15) is 0 Å². The van der Waals surface area contributed by atoms with Crippen molar-refractivity contribution >= 4 is 53.3 Å². The summed E-state index contributed by atoms with van der Waals surface area (Å²) in [5.41, 5.74) is 12.0. The average molecular weight is 605 g/mol. The van der Waals surface area contributed by atoms with Gasteiger partial charge in [-0.15, -0.1) is 11.3 Å². The van der Waals surface area contributed by atoms with Crippen molar-refractivity contribution in [3.05, 3.63) is 157 Å². The Balaban J connectivity index is 1.22. The van der Waals surface area contributed by atoms with E-state index in [-0.39, 0.29) is 0 Å². The van der Waals surface area contributed by atoms with Crippen LogP contribution >= 0.6 is 11.3 Å². The molecular formula is C43H28N2S. The van der Waals surface area contributed by atoms with Crippen molar-refractivity contribution < 1.29 is 0 Å². The molecule has 216 valence electrons. The van der Waals surface area contributed by atoms with Crippen molar-refractivity contribution in [3.8, 4) is 44.6 Å². The molecule has 3 aromatic heterocycles. The normalized spacial score (nSPS) is 11.6. The van der Waals surface area contributed by atoms with Crippen LogP contribution in [0.4, 0.5) is 0 Å². The second kappa shape index (κ2) is 10.8. The van der Waals surface area contributed by atoms with Gasteiger partial charge in [0.1, 0.15) is 0 Å². The summed E-state index contributed by atoms with van der Waals surface area (Å²) in [6.45, 7) is 2.07. The summed E-state index contributed by atoms with van der Waals surface area (Å²) in [6, 6.07) is 54.3. The lowest BCUT2D eigenvalue weighted by Crippen LogP contribution is -1.95. The number of fused-ring (bicyclic) bond motifs is 6. The second-order valence-electron chi connectivity index (χ2n) is 11.8. The predicted molar refractivity (Wildman–Crippen MR) is 196 cm³/mol. The molecule has 0 aliphatic heterocycles. The van der Waals surface area contributed by atoms with Crippen LogP contribution in [0.3, 0.4) is 0 Å². The predicted octanol–water partition coefficient (Wildman–Crippen LogP) is 12.1. The minimum absolute atomic E-state index is 0.925. The number of pyridine rings is 2. The third-order valence-electron chi connectivity index (χ3n) is 8.95. The smallest absolute Gasteiger partial charge is 0.0978 e. The lowest BCUT2D eigenvalue weighted by Gasteiger charge is -2.15. The first kappa shape index (κ1) is 26.7. The lowest BCUT2D eigenvalue weighted by atomic mass is 9.94. The van der Waals surface area contributed by atoms with Gasteiger partial charge in [-0.3, -0.25) is 4.98 Å². The van der Waals surface area contributed by atoms with Gasteiger partial charge in [-0.1, -0.05) is 121 Å². The Morgan fingerprint density at radius 2 is 0.957 bits per heavy atom. The highest BCUT2D eigenvalue weighted by Crippen LogP contribution is 2.39. The Labute approximate surface area is 271 Å². The molecule has 0 saturated carbocycles. The number of rotatable bonds is 4. The number of hydrogen-bond acceptors (Lipinski definition) is 3. The van der Waals surface area contributed by atoms with Gasteiger partial charge >= 0.3 is 0 Å². The Kier molecular flexibility index (Phi) is 6.25. The van der Waals surface area contributed by atoms with Gasteiger partial charge in [-0.25, -0.2) is 4.98 Å². The van der Waals surface area contributed by atoms with Crippen molar-refractivity contribution in [3.63, 3.8) is 0 Å². The Hall–Kier alpha value is -5.64. The molecule has 0 radical (unpaired) electrons. The third-order valence-corrected chi connectivity index (χ3v) is 10.1. The Morgan fingerprint density at radius 1 is 0.391 bits per heavy atom. The molecule has 0 spiro atoms. The number of nitrogens with zero attached hydrogens (tertiary/aromatic N) is 2. The van der Waals surface area contributed by atoms with E-state index in [2.05, 4.69) is 159 Å². The van der Waals surface area contributed by atoms with Crippen molar-refractivity contribution in [2.75, 3.05) is 0 Å². The quantitative estimate of drug-likeness (QED) is 0.187. The highest BCUT2D eigenvalue weighted by Gasteiger charge is 2.16. The molecule has 0 bridgehead atoms. The van der Waals surface area contributed by atoms with Gasteiger partial charge in [0.15, 0.2) is 0 Å². The second-order valence-corrected chi connectivity index (χ2v) is 12.9. The van der Waals surface area contributed by atoms with E-state index in [1.807, 2.05) is 11.3 Å². The summed E-state index contributed by atoms with van der Waals surface area (Å²) < 4.78 is 2.65. The lowest BCUT2D eigenvalue weighted by molar-refractivity contribution is 1.25. The average Bonchev–Trinajstić information content (AvgIpc) is 3.49. The molecule has 0 N–H and O–H groups in total. The number of benzene rings is 6. The first-order valence-electron chi connectivity index (χ1n) is 15.6. The third kappa shape index (κ3) is 4.48. The van der Waals surface area contributed by atoms with Crippen molar-refractivity contribution in [1.29, 1.82) is 0 Å². The standard InChI is InChI=1S/C43H28N2S/c1-27-24-36(29-10-4-2-5-11-29)34-21-22-35-37(30-12-6-3-7-13-30)26-39(45-43(35)42(34)44-27)31-18-16-28(17-19-31)32-20-23-41-38(25-32)33-14-8-9-15-40(33)46-41/h2-26H,1H3. The number of hydrogen-bond donors (Lipinski definition) is 0. The van der Waals surface area contributed by atoms with Crippen LogP contribution in [0.15, 0.2) is 152 Å². The fourth-order valence-corrected chi connectivity index (χ4v) is 7.79. The van der Waals surface area contributed by atoms with Gasteiger partial charge in [0.25, 0.3) is 0 Å². The molecule has 3 heteroatoms. The number of aryl methyl sites for hydroxylation is 1. The van der Waals surface area contributed by atoms with E-state index in [1.54, 1.807) is 0 Å². The number of aromatic nitrogens is 2. The summed E-state index contributed by atoms with van der Waals surface area (Å²) in [6.07, 6.45) is 0. The highest BCUT2D eigenvalue weighted by atomic mass is 32.1. The van der Waals surface area contributed by atoms with E-state index in [0.717, 1.165) is 44.3 Å². The van der Waals surface area contributed by atoms with Crippen LogP contribution in [0.25, 0.3) is 86.6 Å². The monoisotopic (exact) mass is 604 g/mol. The fourth-order valence-electron chi connectivity index (χ4n) is 6.70. The molecule has 9 rings (SSSR count). The zero-order valence-corrected chi connectivity index (χ0v) is 26.1. The van der Waals surface area contributed by atoms with Crippen LogP contribution < -0.4 is 0 Å². The van der Waals surface area contributed by atoms with Crippen molar-refractivity contribution in [2.45, 2.75) is 6.92 Å². The molecule has 0 atom stereocenters. The fraction of sp³-hybridized carbons (Fsp3) is 0.0233. The van der Waals surface area contributed by atoms with E-state index < -0.39 is 0 Å². The molecule has 0 saturated heterocycles. The van der Waals surface area contributed by atoms with E-state index in [1.165, 1.54) is 48.0 Å². The van der Waals surface area contributed by atoms with Gasteiger partial charge in [0.2, 0.25) is 0 Å². The van der Waals surface area contributed by atoms with Crippen LogP contribution in [0.1, 0.15) is 5.69 Å². The van der Waals surface area contributed by atoms with Crippen LogP contribution in [-0.4, -0.2) is 9.97 Å². The summed E-state index contributed by atoms with van der Waals surface area (Å²) in [5, 5.41) is 4.85. The van der Waals surface area contributed by atoms with E-state index in [9.17, 15) is 0 Å². The van der Waals surface area contributed by atoms with E-state index in [4.69, 9.17) is 9.97 Å². The maximum atomic E-state index is 5.35. The first-order chi connectivity index (χ1) is 22.7. The summed E-state index contributed by atoms with van der Waals surface area (Å²) in [7, 11) is 0. The van der Waals surface area contributed by atoms with Gasteiger partial charge < -0.3 is 0 Å². The SMILES string of the molecule is Cc1cc(-c2ccccc2)c2ccc3c(-c4ccccc4)cc(-c4ccc(-c5ccc6sc7ccccc7c6c5)cc4)nc3c2n1. The minimum atomic E-state index is 0.925. The maximum Gasteiger partial charge on any atom is 0.0978 e. The summed E-state index contributed by atoms with van der Waals surface area (Å²) >= 11 is 1.85. The van der Waals surface area contributed by atoms with E-state index >= 15 is 0 Å². The first-order valence-corrected chi connectivity index (χ1v) is 16.4. The zero-order valence-electron chi connectivity index (χ0n) is 25.2. The van der Waals surface area contributed by atoms with Gasteiger partial charge in [0.05, 0.1) is 16.7 Å². The van der Waals surface area contributed by atoms with Crippen LogP contribution in [-0.2, 0) is 0 Å². The van der Waals surface area contributed by atoms with Gasteiger partial charge in [0, 0.05) is 42.2 Å². The molecular weight excluding hydrogens is 577 g/mol. The summed E-state index contributed by atoms with van der Waals surface area (Å²) in [5.74, 6) is 0. The highest BCUT2D eigenvalue weighted by molar-refractivity contribution is 7.25. The molecule has 2 nitrogen and oxygen atoms in total. The van der Waals surface area contributed by atoms with Crippen molar-refractivity contribution in [1.82, 2.24) is 9.97 Å². The maximum absolute atomic E-state index is 5.35. The van der Waals surface area contributed by atoms with Crippen LogP contribution in [0.5, 0.6) is 0 Å². The molecule has 0 aliphatic rings. The molecule has 0 amide bonds. The van der Waals surface area contributed by atoms with Gasteiger partial charge in [-0.05, 0) is 70.6 Å². The van der Waals surface area contributed by atoms with Crippen molar-refractivity contribution in [2.24, 2.45) is 0 Å². The summed E-state index contributed by atoms with van der Waals surface area (Å²) in [4.78, 5) is 10.4. The molecule has 6 aromatic carbocycles. The number of thiophene rings is 1.